The van der Waals surface area contributed by atoms with Crippen molar-refractivity contribution in [1.82, 2.24) is 0 Å². The van der Waals surface area contributed by atoms with Gasteiger partial charge in [0.2, 0.25) is 0 Å². The van der Waals surface area contributed by atoms with Gasteiger partial charge in [-0.25, -0.2) is 0 Å². The molecule has 2 rings (SSSR count). The lowest BCUT2D eigenvalue weighted by molar-refractivity contribution is -0.00465. The molecule has 0 N–H and O–H groups in total. The van der Waals surface area contributed by atoms with Gasteiger partial charge in [-0.15, -0.1) is 0 Å². The number of hydrogen-bond donors (Lipinski definition) is 0. The van der Waals surface area contributed by atoms with Crippen LogP contribution in [-0.4, -0.2) is 25.8 Å². The van der Waals surface area contributed by atoms with Crippen molar-refractivity contribution in [3.63, 3.8) is 0 Å². The van der Waals surface area contributed by atoms with Gasteiger partial charge in [0.25, 0.3) is 0 Å². The number of benzene rings is 1. The van der Waals surface area contributed by atoms with Crippen molar-refractivity contribution in [2.75, 3.05) is 25.1 Å². The van der Waals surface area contributed by atoms with Gasteiger partial charge in [0.1, 0.15) is 0 Å². The molecule has 4 heteroatoms. The Bertz CT molecular complexity index is 483. The fourth-order valence-corrected chi connectivity index (χ4v) is 2.90. The summed E-state index contributed by atoms with van der Waals surface area (Å²) in [5, 5.41) is 9.02. The van der Waals surface area contributed by atoms with Crippen LogP contribution < -0.4 is 4.90 Å². The Hall–Kier alpha value is -1.05. The smallest absolute Gasteiger partial charge is 0.0992 e. The number of anilines is 1. The molecule has 0 radical (unpaired) electrons. The Kier molecular flexibility index (Phi) is 3.94. The Morgan fingerprint density at radius 2 is 2.22 bits per heavy atom. The molecule has 18 heavy (non-hydrogen) atoms. The first-order valence-corrected chi connectivity index (χ1v) is 6.86. The Balaban J connectivity index is 2.26. The van der Waals surface area contributed by atoms with Crippen LogP contribution in [-0.2, 0) is 4.74 Å². The molecule has 96 valence electrons. The Labute approximate surface area is 116 Å². The minimum atomic E-state index is -0.0899. The van der Waals surface area contributed by atoms with Crippen LogP contribution in [0.5, 0.6) is 0 Å². The molecule has 1 saturated heterocycles. The van der Waals surface area contributed by atoms with Crippen molar-refractivity contribution in [1.29, 1.82) is 5.26 Å². The van der Waals surface area contributed by atoms with E-state index in [2.05, 4.69) is 39.9 Å². The van der Waals surface area contributed by atoms with Gasteiger partial charge < -0.3 is 9.64 Å². The van der Waals surface area contributed by atoms with Crippen LogP contribution in [0.4, 0.5) is 5.69 Å². The molecule has 1 unspecified atom stereocenters. The monoisotopic (exact) mass is 308 g/mol. The first-order valence-electron chi connectivity index (χ1n) is 6.07. The van der Waals surface area contributed by atoms with E-state index in [9.17, 15) is 0 Å². The van der Waals surface area contributed by atoms with Crippen LogP contribution in [0.2, 0.25) is 0 Å². The zero-order valence-electron chi connectivity index (χ0n) is 10.7. The summed E-state index contributed by atoms with van der Waals surface area (Å²) >= 11 is 3.46. The molecule has 0 amide bonds. The molecule has 1 fully saturated rings. The molecule has 1 aromatic rings. The second kappa shape index (κ2) is 5.29. The standard InChI is InChI=1S/C14H17BrN2O/c1-14(18-2)4-3-5-17(10-14)13-7-11(9-16)6-12(15)8-13/h6-8H,3-5,10H2,1-2H3. The lowest BCUT2D eigenvalue weighted by Gasteiger charge is -2.40. The van der Waals surface area contributed by atoms with E-state index >= 15 is 0 Å². The van der Waals surface area contributed by atoms with E-state index < -0.39 is 0 Å². The minimum absolute atomic E-state index is 0.0899. The van der Waals surface area contributed by atoms with Gasteiger partial charge in [-0.2, -0.15) is 5.26 Å². The van der Waals surface area contributed by atoms with Crippen molar-refractivity contribution in [3.8, 4) is 6.07 Å². The maximum atomic E-state index is 9.02. The van der Waals surface area contributed by atoms with Gasteiger partial charge in [0.15, 0.2) is 0 Å². The molecular weight excluding hydrogens is 292 g/mol. The lowest BCUT2D eigenvalue weighted by Crippen LogP contribution is -2.47. The van der Waals surface area contributed by atoms with Gasteiger partial charge in [-0.1, -0.05) is 15.9 Å². The summed E-state index contributed by atoms with van der Waals surface area (Å²) in [6, 6.07) is 8.02. The number of piperidine rings is 1. The van der Waals surface area contributed by atoms with Crippen LogP contribution in [0.3, 0.4) is 0 Å². The number of halogens is 1. The number of ether oxygens (including phenoxy) is 1. The van der Waals surface area contributed by atoms with E-state index in [1.54, 1.807) is 7.11 Å². The summed E-state index contributed by atoms with van der Waals surface area (Å²) in [6.45, 7) is 4.02. The van der Waals surface area contributed by atoms with Crippen molar-refractivity contribution in [3.05, 3.63) is 28.2 Å². The quantitative estimate of drug-likeness (QED) is 0.841. The molecule has 1 atom stereocenters. The number of methoxy groups -OCH3 is 1. The molecule has 1 aliphatic rings. The third-order valence-electron chi connectivity index (χ3n) is 3.53. The number of hydrogen-bond acceptors (Lipinski definition) is 3. The molecule has 0 aromatic heterocycles. The molecule has 0 saturated carbocycles. The third-order valence-corrected chi connectivity index (χ3v) is 3.99. The lowest BCUT2D eigenvalue weighted by atomic mass is 9.94. The van der Waals surface area contributed by atoms with Gasteiger partial charge >= 0.3 is 0 Å². The number of nitrogens with zero attached hydrogens (tertiary/aromatic N) is 2. The second-order valence-corrected chi connectivity index (χ2v) is 5.90. The summed E-state index contributed by atoms with van der Waals surface area (Å²) in [7, 11) is 1.77. The molecule has 3 nitrogen and oxygen atoms in total. The van der Waals surface area contributed by atoms with Crippen LogP contribution in [0.25, 0.3) is 0 Å². The van der Waals surface area contributed by atoms with Crippen LogP contribution in [0.1, 0.15) is 25.3 Å². The van der Waals surface area contributed by atoms with E-state index in [1.807, 2.05) is 12.1 Å². The maximum Gasteiger partial charge on any atom is 0.0992 e. The molecule has 0 spiro atoms. The summed E-state index contributed by atoms with van der Waals surface area (Å²) in [5.41, 5.74) is 1.68. The molecule has 1 heterocycles. The summed E-state index contributed by atoms with van der Waals surface area (Å²) < 4.78 is 6.54. The number of rotatable bonds is 2. The first kappa shape index (κ1) is 13.4. The average molecular weight is 309 g/mol. The average Bonchev–Trinajstić information content (AvgIpc) is 2.38. The van der Waals surface area contributed by atoms with Crippen molar-refractivity contribution in [2.45, 2.75) is 25.4 Å². The zero-order chi connectivity index (χ0) is 13.2. The molecule has 1 aromatic carbocycles. The SMILES string of the molecule is COC1(C)CCCN(c2cc(Br)cc(C#N)c2)C1. The Morgan fingerprint density at radius 1 is 1.44 bits per heavy atom. The van der Waals surface area contributed by atoms with Crippen molar-refractivity contribution in [2.24, 2.45) is 0 Å². The zero-order valence-corrected chi connectivity index (χ0v) is 12.3. The van der Waals surface area contributed by atoms with E-state index in [-0.39, 0.29) is 5.60 Å². The second-order valence-electron chi connectivity index (χ2n) is 4.99. The van der Waals surface area contributed by atoms with Gasteiger partial charge in [-0.05, 0) is 38.0 Å². The van der Waals surface area contributed by atoms with Crippen LogP contribution in [0.15, 0.2) is 22.7 Å². The first-order chi connectivity index (χ1) is 8.56. The summed E-state index contributed by atoms with van der Waals surface area (Å²) in [6.07, 6.45) is 2.19. The summed E-state index contributed by atoms with van der Waals surface area (Å²) in [5.74, 6) is 0. The largest absolute Gasteiger partial charge is 0.377 e. The highest BCUT2D eigenvalue weighted by molar-refractivity contribution is 9.10. The number of nitriles is 1. The predicted octanol–water partition coefficient (Wildman–Crippen LogP) is 3.33. The predicted molar refractivity (Wildman–Crippen MR) is 75.7 cm³/mol. The topological polar surface area (TPSA) is 36.3 Å². The fraction of sp³-hybridized carbons (Fsp3) is 0.500. The van der Waals surface area contributed by atoms with Crippen LogP contribution >= 0.6 is 15.9 Å². The minimum Gasteiger partial charge on any atom is -0.377 e. The van der Waals surface area contributed by atoms with Gasteiger partial charge in [-0.3, -0.25) is 0 Å². The molecule has 0 bridgehead atoms. The maximum absolute atomic E-state index is 9.02. The highest BCUT2D eigenvalue weighted by Gasteiger charge is 2.30. The van der Waals surface area contributed by atoms with E-state index in [0.717, 1.165) is 36.1 Å². The van der Waals surface area contributed by atoms with E-state index in [1.165, 1.54) is 0 Å². The van der Waals surface area contributed by atoms with E-state index in [0.29, 0.717) is 5.56 Å². The molecule has 1 aliphatic heterocycles. The molecule has 0 aliphatic carbocycles. The summed E-state index contributed by atoms with van der Waals surface area (Å²) in [4.78, 5) is 2.29. The van der Waals surface area contributed by atoms with E-state index in [4.69, 9.17) is 10.00 Å². The van der Waals surface area contributed by atoms with Gasteiger partial charge in [0, 0.05) is 30.4 Å². The molecular formula is C14H17BrN2O. The normalized spacial score (nSPS) is 23.8. The van der Waals surface area contributed by atoms with Crippen molar-refractivity contribution < 1.29 is 4.74 Å². The Morgan fingerprint density at radius 3 is 2.89 bits per heavy atom. The van der Waals surface area contributed by atoms with Crippen molar-refractivity contribution >= 4 is 21.6 Å². The highest BCUT2D eigenvalue weighted by atomic mass is 79.9. The van der Waals surface area contributed by atoms with Crippen LogP contribution in [0, 0.1) is 11.3 Å². The third kappa shape index (κ3) is 2.85. The van der Waals surface area contributed by atoms with Gasteiger partial charge in [0.05, 0.1) is 17.2 Å². The fourth-order valence-electron chi connectivity index (χ4n) is 2.41. The highest BCUT2D eigenvalue weighted by Crippen LogP contribution is 2.30.